The van der Waals surface area contributed by atoms with Crippen LogP contribution in [0, 0.1) is 25.2 Å². The maximum Gasteiger partial charge on any atom is 0.0625 e. The first-order valence-corrected chi connectivity index (χ1v) is 4.17. The highest BCUT2D eigenvalue weighted by molar-refractivity contribution is 5.33. The fourth-order valence-electron chi connectivity index (χ4n) is 1.42. The molecule has 0 bridgehead atoms. The summed E-state index contributed by atoms with van der Waals surface area (Å²) in [5.74, 6) is 0. The SMILES string of the molecule is Cc1cccc(C)c1CCC#N. The summed E-state index contributed by atoms with van der Waals surface area (Å²) in [4.78, 5) is 0. The van der Waals surface area contributed by atoms with Crippen molar-refractivity contribution in [3.8, 4) is 6.07 Å². The van der Waals surface area contributed by atoms with Crippen molar-refractivity contribution < 1.29 is 0 Å². The fourth-order valence-corrected chi connectivity index (χ4v) is 1.42. The molecule has 1 aromatic rings. The van der Waals surface area contributed by atoms with Gasteiger partial charge in [0.2, 0.25) is 0 Å². The molecule has 0 aliphatic rings. The average molecular weight is 159 g/mol. The third-order valence-electron chi connectivity index (χ3n) is 2.13. The molecule has 1 rings (SSSR count). The van der Waals surface area contributed by atoms with Crippen LogP contribution in [0.25, 0.3) is 0 Å². The second kappa shape index (κ2) is 3.92. The Balaban J connectivity index is 2.90. The van der Waals surface area contributed by atoms with Gasteiger partial charge in [-0.2, -0.15) is 5.26 Å². The van der Waals surface area contributed by atoms with Crippen LogP contribution in [-0.4, -0.2) is 0 Å². The quantitative estimate of drug-likeness (QED) is 0.651. The lowest BCUT2D eigenvalue weighted by Crippen LogP contribution is -1.92. The van der Waals surface area contributed by atoms with Crippen LogP contribution in [0.15, 0.2) is 18.2 Å². The molecule has 62 valence electrons. The smallest absolute Gasteiger partial charge is 0.0625 e. The Labute approximate surface area is 73.6 Å². The third-order valence-corrected chi connectivity index (χ3v) is 2.13. The normalized spacial score (nSPS) is 9.42. The van der Waals surface area contributed by atoms with E-state index < -0.39 is 0 Å². The van der Waals surface area contributed by atoms with Crippen LogP contribution >= 0.6 is 0 Å². The molecule has 1 aromatic carbocycles. The van der Waals surface area contributed by atoms with E-state index in [9.17, 15) is 0 Å². The van der Waals surface area contributed by atoms with E-state index in [1.54, 1.807) is 0 Å². The number of benzene rings is 1. The van der Waals surface area contributed by atoms with Crippen LogP contribution in [0.4, 0.5) is 0 Å². The highest BCUT2D eigenvalue weighted by atomic mass is 14.2. The molecule has 1 nitrogen and oxygen atoms in total. The number of nitrogens with zero attached hydrogens (tertiary/aromatic N) is 1. The summed E-state index contributed by atoms with van der Waals surface area (Å²) in [6, 6.07) is 8.42. The summed E-state index contributed by atoms with van der Waals surface area (Å²) < 4.78 is 0. The van der Waals surface area contributed by atoms with Crippen molar-refractivity contribution >= 4 is 0 Å². The van der Waals surface area contributed by atoms with Gasteiger partial charge in [-0.05, 0) is 37.0 Å². The minimum atomic E-state index is 0.617. The second-order valence-electron chi connectivity index (χ2n) is 3.03. The predicted molar refractivity (Wildman–Crippen MR) is 49.9 cm³/mol. The van der Waals surface area contributed by atoms with Gasteiger partial charge in [0.05, 0.1) is 6.07 Å². The van der Waals surface area contributed by atoms with Crippen LogP contribution in [0.3, 0.4) is 0 Å². The van der Waals surface area contributed by atoms with E-state index >= 15 is 0 Å². The number of hydrogen-bond donors (Lipinski definition) is 0. The molecule has 0 aliphatic carbocycles. The zero-order chi connectivity index (χ0) is 8.97. The van der Waals surface area contributed by atoms with E-state index in [-0.39, 0.29) is 0 Å². The molecule has 0 radical (unpaired) electrons. The molecule has 12 heavy (non-hydrogen) atoms. The van der Waals surface area contributed by atoms with Gasteiger partial charge in [0, 0.05) is 6.42 Å². The molecule has 0 fully saturated rings. The van der Waals surface area contributed by atoms with Crippen LogP contribution in [0.1, 0.15) is 23.1 Å². The molecule has 0 amide bonds. The minimum Gasteiger partial charge on any atom is -0.198 e. The molecular weight excluding hydrogens is 146 g/mol. The number of rotatable bonds is 2. The monoisotopic (exact) mass is 159 g/mol. The van der Waals surface area contributed by atoms with Gasteiger partial charge in [-0.25, -0.2) is 0 Å². The molecule has 0 aromatic heterocycles. The van der Waals surface area contributed by atoms with Crippen molar-refractivity contribution in [2.45, 2.75) is 26.7 Å². The van der Waals surface area contributed by atoms with Crippen molar-refractivity contribution in [1.29, 1.82) is 5.26 Å². The van der Waals surface area contributed by atoms with Gasteiger partial charge in [-0.15, -0.1) is 0 Å². The lowest BCUT2D eigenvalue weighted by molar-refractivity contribution is 0.981. The first-order valence-electron chi connectivity index (χ1n) is 4.17. The molecule has 0 unspecified atom stereocenters. The van der Waals surface area contributed by atoms with Crippen LogP contribution < -0.4 is 0 Å². The van der Waals surface area contributed by atoms with E-state index in [1.165, 1.54) is 16.7 Å². The van der Waals surface area contributed by atoms with Gasteiger partial charge in [0.25, 0.3) is 0 Å². The molecule has 0 spiro atoms. The Morgan fingerprint density at radius 1 is 1.25 bits per heavy atom. The van der Waals surface area contributed by atoms with Crippen molar-refractivity contribution in [3.63, 3.8) is 0 Å². The van der Waals surface area contributed by atoms with Gasteiger partial charge in [-0.3, -0.25) is 0 Å². The Morgan fingerprint density at radius 2 is 1.83 bits per heavy atom. The Kier molecular flexibility index (Phi) is 2.88. The molecule has 0 N–H and O–H groups in total. The second-order valence-corrected chi connectivity index (χ2v) is 3.03. The van der Waals surface area contributed by atoms with E-state index in [0.717, 1.165) is 6.42 Å². The highest BCUT2D eigenvalue weighted by Crippen LogP contribution is 2.14. The maximum absolute atomic E-state index is 8.46. The topological polar surface area (TPSA) is 23.8 Å². The van der Waals surface area contributed by atoms with E-state index in [4.69, 9.17) is 5.26 Å². The molecule has 0 heterocycles. The fraction of sp³-hybridized carbons (Fsp3) is 0.364. The molecule has 1 heteroatoms. The summed E-state index contributed by atoms with van der Waals surface area (Å²) in [6.07, 6.45) is 1.50. The van der Waals surface area contributed by atoms with Crippen molar-refractivity contribution in [1.82, 2.24) is 0 Å². The van der Waals surface area contributed by atoms with Gasteiger partial charge < -0.3 is 0 Å². The average Bonchev–Trinajstić information content (AvgIpc) is 2.04. The highest BCUT2D eigenvalue weighted by Gasteiger charge is 2.00. The number of nitriles is 1. The number of aryl methyl sites for hydroxylation is 2. The summed E-state index contributed by atoms with van der Waals surface area (Å²) in [7, 11) is 0. The Bertz CT molecular complexity index is 287. The standard InChI is InChI=1S/C11H13N/c1-9-5-3-6-10(2)11(9)7-4-8-12/h3,5-6H,4,7H2,1-2H3. The van der Waals surface area contributed by atoms with Crippen LogP contribution in [0.2, 0.25) is 0 Å². The third kappa shape index (κ3) is 1.85. The van der Waals surface area contributed by atoms with E-state index in [1.807, 2.05) is 0 Å². The van der Waals surface area contributed by atoms with E-state index in [0.29, 0.717) is 6.42 Å². The van der Waals surface area contributed by atoms with Crippen molar-refractivity contribution in [2.75, 3.05) is 0 Å². The first kappa shape index (κ1) is 8.80. The lowest BCUT2D eigenvalue weighted by atomic mass is 9.99. The van der Waals surface area contributed by atoms with Crippen molar-refractivity contribution in [3.05, 3.63) is 34.9 Å². The zero-order valence-electron chi connectivity index (χ0n) is 7.59. The molecule has 0 atom stereocenters. The van der Waals surface area contributed by atoms with Gasteiger partial charge in [0.1, 0.15) is 0 Å². The summed E-state index contributed by atoms with van der Waals surface area (Å²) in [5, 5.41) is 8.46. The Hall–Kier alpha value is -1.29. The van der Waals surface area contributed by atoms with Gasteiger partial charge in [0.15, 0.2) is 0 Å². The summed E-state index contributed by atoms with van der Waals surface area (Å²) in [6.45, 7) is 4.19. The maximum atomic E-state index is 8.46. The van der Waals surface area contributed by atoms with Gasteiger partial charge in [-0.1, -0.05) is 18.2 Å². The van der Waals surface area contributed by atoms with Crippen molar-refractivity contribution in [2.24, 2.45) is 0 Å². The molecule has 0 saturated heterocycles. The van der Waals surface area contributed by atoms with Gasteiger partial charge >= 0.3 is 0 Å². The first-order chi connectivity index (χ1) is 5.75. The summed E-state index contributed by atoms with van der Waals surface area (Å²) >= 11 is 0. The largest absolute Gasteiger partial charge is 0.198 e. The zero-order valence-corrected chi connectivity index (χ0v) is 7.59. The van der Waals surface area contributed by atoms with Crippen LogP contribution in [-0.2, 0) is 6.42 Å². The lowest BCUT2D eigenvalue weighted by Gasteiger charge is -2.06. The Morgan fingerprint density at radius 3 is 2.33 bits per heavy atom. The molecular formula is C11H13N. The van der Waals surface area contributed by atoms with Crippen LogP contribution in [0.5, 0.6) is 0 Å². The molecule has 0 saturated carbocycles. The predicted octanol–water partition coefficient (Wildman–Crippen LogP) is 2.76. The summed E-state index contributed by atoms with van der Waals surface area (Å²) in [5.41, 5.74) is 3.93. The minimum absolute atomic E-state index is 0.617. The van der Waals surface area contributed by atoms with E-state index in [2.05, 4.69) is 38.1 Å². The molecule has 0 aliphatic heterocycles. The number of hydrogen-bond acceptors (Lipinski definition) is 1.